The maximum atomic E-state index is 5.80. The van der Waals surface area contributed by atoms with Gasteiger partial charge in [-0.2, -0.15) is 0 Å². The van der Waals surface area contributed by atoms with Crippen LogP contribution in [0.1, 0.15) is 37.8 Å². The molecule has 1 aliphatic rings. The molecule has 0 unspecified atom stereocenters. The van der Waals surface area contributed by atoms with E-state index in [0.29, 0.717) is 11.2 Å². The van der Waals surface area contributed by atoms with E-state index < -0.39 is 0 Å². The summed E-state index contributed by atoms with van der Waals surface area (Å²) in [5.41, 5.74) is 1.31. The fourth-order valence-corrected chi connectivity index (χ4v) is 2.44. The first-order valence-corrected chi connectivity index (χ1v) is 6.04. The topological polar surface area (TPSA) is 16.1 Å². The molecule has 2 rings (SSSR count). The molecule has 0 aromatic carbocycles. The third-order valence-electron chi connectivity index (χ3n) is 3.15. The third kappa shape index (κ3) is 2.50. The molecule has 1 aromatic rings. The van der Waals surface area contributed by atoms with E-state index in [4.69, 9.17) is 11.6 Å². The van der Waals surface area contributed by atoms with Crippen LogP contribution < -0.4 is 0 Å². The molecular formula is C12H17ClN2. The van der Waals surface area contributed by atoms with Gasteiger partial charge in [0.25, 0.3) is 0 Å². The fourth-order valence-electron chi connectivity index (χ4n) is 2.33. The number of hydrogen-bond donors (Lipinski definition) is 0. The number of aromatic nitrogens is 1. The van der Waals surface area contributed by atoms with Crippen molar-refractivity contribution in [3.8, 4) is 0 Å². The zero-order valence-corrected chi connectivity index (χ0v) is 9.87. The molecule has 0 radical (unpaired) electrons. The lowest BCUT2D eigenvalue weighted by Crippen LogP contribution is -2.33. The molecule has 0 aliphatic carbocycles. The van der Waals surface area contributed by atoms with Crippen molar-refractivity contribution >= 4 is 11.6 Å². The lowest BCUT2D eigenvalue weighted by Gasteiger charge is -2.34. The van der Waals surface area contributed by atoms with Crippen LogP contribution in [0.25, 0.3) is 0 Å². The fraction of sp³-hybridized carbons (Fsp3) is 0.583. The summed E-state index contributed by atoms with van der Waals surface area (Å²) in [4.78, 5) is 6.68. The lowest BCUT2D eigenvalue weighted by atomic mass is 9.96. The number of nitrogens with zero attached hydrogens (tertiary/aromatic N) is 2. The summed E-state index contributed by atoms with van der Waals surface area (Å²) in [6.45, 7) is 4.55. The van der Waals surface area contributed by atoms with Gasteiger partial charge in [-0.25, -0.2) is 4.98 Å². The van der Waals surface area contributed by atoms with Crippen LogP contribution in [0.5, 0.6) is 0 Å². The van der Waals surface area contributed by atoms with Crippen molar-refractivity contribution in [2.45, 2.75) is 32.2 Å². The molecule has 1 aromatic heterocycles. The Hall–Kier alpha value is -0.600. The van der Waals surface area contributed by atoms with Crippen molar-refractivity contribution < 1.29 is 0 Å². The minimum absolute atomic E-state index is 0.550. The summed E-state index contributed by atoms with van der Waals surface area (Å²) in [5.74, 6) is 0. The van der Waals surface area contributed by atoms with Crippen LogP contribution in [-0.4, -0.2) is 23.0 Å². The number of hydrogen-bond acceptors (Lipinski definition) is 2. The van der Waals surface area contributed by atoms with Gasteiger partial charge < -0.3 is 0 Å². The Kier molecular flexibility index (Phi) is 3.60. The molecule has 0 amide bonds. The van der Waals surface area contributed by atoms with Crippen molar-refractivity contribution in [2.24, 2.45) is 0 Å². The van der Waals surface area contributed by atoms with E-state index in [1.807, 2.05) is 12.3 Å². The normalized spacial score (nSPS) is 22.9. The molecule has 1 saturated heterocycles. The lowest BCUT2D eigenvalue weighted by molar-refractivity contribution is 0.157. The SMILES string of the molecule is CCN1CCCC[C@H]1c1ccc(Cl)nc1. The van der Waals surface area contributed by atoms with Crippen molar-refractivity contribution in [3.05, 3.63) is 29.0 Å². The van der Waals surface area contributed by atoms with Crippen LogP contribution in [0, 0.1) is 0 Å². The molecule has 1 aliphatic heterocycles. The van der Waals surface area contributed by atoms with E-state index in [9.17, 15) is 0 Å². The van der Waals surface area contributed by atoms with Gasteiger partial charge in [0.15, 0.2) is 0 Å². The Balaban J connectivity index is 2.16. The molecule has 2 nitrogen and oxygen atoms in total. The number of likely N-dealkylation sites (tertiary alicyclic amines) is 1. The third-order valence-corrected chi connectivity index (χ3v) is 3.38. The molecule has 82 valence electrons. The molecule has 1 atom stereocenters. The smallest absolute Gasteiger partial charge is 0.129 e. The van der Waals surface area contributed by atoms with Gasteiger partial charge >= 0.3 is 0 Å². The van der Waals surface area contributed by atoms with Gasteiger partial charge in [-0.1, -0.05) is 31.0 Å². The van der Waals surface area contributed by atoms with E-state index in [0.717, 1.165) is 6.54 Å². The molecule has 15 heavy (non-hydrogen) atoms. The highest BCUT2D eigenvalue weighted by molar-refractivity contribution is 6.29. The van der Waals surface area contributed by atoms with Crippen molar-refractivity contribution in [2.75, 3.05) is 13.1 Å². The number of piperidine rings is 1. The molecule has 0 saturated carbocycles. The van der Waals surface area contributed by atoms with Gasteiger partial charge in [-0.05, 0) is 37.6 Å². The van der Waals surface area contributed by atoms with E-state index in [1.54, 1.807) is 0 Å². The van der Waals surface area contributed by atoms with Gasteiger partial charge in [0.1, 0.15) is 5.15 Å². The summed E-state index contributed by atoms with van der Waals surface area (Å²) in [6, 6.07) is 4.54. The minimum atomic E-state index is 0.550. The largest absolute Gasteiger partial charge is 0.297 e. The Morgan fingerprint density at radius 2 is 2.33 bits per heavy atom. The second kappa shape index (κ2) is 4.95. The quantitative estimate of drug-likeness (QED) is 0.717. The van der Waals surface area contributed by atoms with Gasteiger partial charge in [0.2, 0.25) is 0 Å². The summed E-state index contributed by atoms with van der Waals surface area (Å²) in [5, 5.41) is 0.581. The zero-order valence-electron chi connectivity index (χ0n) is 9.12. The Labute approximate surface area is 96.3 Å². The first-order chi connectivity index (χ1) is 7.31. The van der Waals surface area contributed by atoms with E-state index in [1.165, 1.54) is 31.4 Å². The summed E-state index contributed by atoms with van der Waals surface area (Å²) < 4.78 is 0. The zero-order chi connectivity index (χ0) is 10.7. The highest BCUT2D eigenvalue weighted by Crippen LogP contribution is 2.30. The van der Waals surface area contributed by atoms with Gasteiger partial charge in [-0.3, -0.25) is 4.90 Å². The number of halogens is 1. The molecular weight excluding hydrogens is 208 g/mol. The maximum Gasteiger partial charge on any atom is 0.129 e. The summed E-state index contributed by atoms with van der Waals surface area (Å²) in [7, 11) is 0. The minimum Gasteiger partial charge on any atom is -0.297 e. The van der Waals surface area contributed by atoms with Crippen molar-refractivity contribution in [1.29, 1.82) is 0 Å². The second-order valence-corrected chi connectivity index (χ2v) is 4.44. The average molecular weight is 225 g/mol. The average Bonchev–Trinajstić information content (AvgIpc) is 2.30. The van der Waals surface area contributed by atoms with Crippen molar-refractivity contribution in [1.82, 2.24) is 9.88 Å². The van der Waals surface area contributed by atoms with Gasteiger partial charge in [-0.15, -0.1) is 0 Å². The van der Waals surface area contributed by atoms with Crippen LogP contribution in [0.15, 0.2) is 18.3 Å². The summed E-state index contributed by atoms with van der Waals surface area (Å²) in [6.07, 6.45) is 5.81. The molecule has 0 bridgehead atoms. The Morgan fingerprint density at radius 1 is 1.47 bits per heavy atom. The molecule has 1 fully saturated rings. The maximum absolute atomic E-state index is 5.80. The summed E-state index contributed by atoms with van der Waals surface area (Å²) >= 11 is 5.80. The van der Waals surface area contributed by atoms with Crippen molar-refractivity contribution in [3.63, 3.8) is 0 Å². The number of pyridine rings is 1. The standard InChI is InChI=1S/C12H17ClN2/c1-2-15-8-4-3-5-11(15)10-6-7-12(13)14-9-10/h6-7,9,11H,2-5,8H2,1H3/t11-/m0/s1. The van der Waals surface area contributed by atoms with Crippen LogP contribution in [-0.2, 0) is 0 Å². The highest BCUT2D eigenvalue weighted by atomic mass is 35.5. The van der Waals surface area contributed by atoms with Gasteiger partial charge in [0, 0.05) is 12.2 Å². The van der Waals surface area contributed by atoms with E-state index in [-0.39, 0.29) is 0 Å². The van der Waals surface area contributed by atoms with Gasteiger partial charge in [0.05, 0.1) is 0 Å². The first kappa shape index (κ1) is 10.9. The van der Waals surface area contributed by atoms with Crippen LogP contribution >= 0.6 is 11.6 Å². The molecule has 3 heteroatoms. The predicted octanol–water partition coefficient (Wildman–Crippen LogP) is 3.28. The molecule has 0 spiro atoms. The Bertz CT molecular complexity index is 310. The van der Waals surface area contributed by atoms with Crippen LogP contribution in [0.3, 0.4) is 0 Å². The van der Waals surface area contributed by atoms with Crippen LogP contribution in [0.2, 0.25) is 5.15 Å². The number of rotatable bonds is 2. The monoisotopic (exact) mass is 224 g/mol. The highest BCUT2D eigenvalue weighted by Gasteiger charge is 2.22. The molecule has 2 heterocycles. The molecule has 0 N–H and O–H groups in total. The second-order valence-electron chi connectivity index (χ2n) is 4.05. The van der Waals surface area contributed by atoms with Crippen LogP contribution in [0.4, 0.5) is 0 Å². The van der Waals surface area contributed by atoms with E-state index in [2.05, 4.69) is 22.9 Å². The van der Waals surface area contributed by atoms with E-state index >= 15 is 0 Å². The predicted molar refractivity (Wildman–Crippen MR) is 63.1 cm³/mol. The Morgan fingerprint density at radius 3 is 3.00 bits per heavy atom. The first-order valence-electron chi connectivity index (χ1n) is 5.66.